The van der Waals surface area contributed by atoms with Gasteiger partial charge in [0.15, 0.2) is 0 Å². The van der Waals surface area contributed by atoms with Crippen molar-refractivity contribution in [3.63, 3.8) is 0 Å². The molecule has 4 aliphatic rings. The molecule has 1 heterocycles. The molecule has 3 heteroatoms. The summed E-state index contributed by atoms with van der Waals surface area (Å²) in [4.78, 5) is 15.1. The van der Waals surface area contributed by atoms with E-state index >= 15 is 0 Å². The summed E-state index contributed by atoms with van der Waals surface area (Å²) in [5.74, 6) is 1.26. The van der Waals surface area contributed by atoms with Gasteiger partial charge in [0, 0.05) is 6.54 Å². The van der Waals surface area contributed by atoms with Crippen LogP contribution in [0.3, 0.4) is 0 Å². The molecule has 110 valence electrons. The number of hydrogen-bond acceptors (Lipinski definition) is 2. The Labute approximate surface area is 125 Å². The lowest BCUT2D eigenvalue weighted by atomic mass is 9.99. The van der Waals surface area contributed by atoms with Gasteiger partial charge in [0.25, 0.3) is 0 Å². The topological polar surface area (TPSA) is 32.3 Å². The minimum Gasteiger partial charge on any atom is -0.321 e. The predicted octanol–water partition coefficient (Wildman–Crippen LogP) is 2.84. The minimum atomic E-state index is -0.208. The summed E-state index contributed by atoms with van der Waals surface area (Å²) in [5.41, 5.74) is 1.51. The summed E-state index contributed by atoms with van der Waals surface area (Å²) in [6.07, 6.45) is 7.56. The highest BCUT2D eigenvalue weighted by molar-refractivity contribution is 5.92. The van der Waals surface area contributed by atoms with Crippen LogP contribution < -0.4 is 5.32 Å². The first kappa shape index (κ1) is 12.2. The fourth-order valence-corrected chi connectivity index (χ4v) is 4.23. The van der Waals surface area contributed by atoms with E-state index < -0.39 is 0 Å². The fourth-order valence-electron chi connectivity index (χ4n) is 4.23. The Bertz CT molecular complexity index is 584. The zero-order chi connectivity index (χ0) is 14.1. The molecular weight excluding hydrogens is 260 g/mol. The van der Waals surface area contributed by atoms with Crippen molar-refractivity contribution >= 4 is 5.91 Å². The van der Waals surface area contributed by atoms with Gasteiger partial charge in [-0.25, -0.2) is 0 Å². The number of amides is 1. The van der Waals surface area contributed by atoms with E-state index in [0.29, 0.717) is 11.3 Å². The van der Waals surface area contributed by atoms with Crippen LogP contribution in [0.5, 0.6) is 0 Å². The normalized spacial score (nSPS) is 31.7. The predicted molar refractivity (Wildman–Crippen MR) is 80.4 cm³/mol. The largest absolute Gasteiger partial charge is 0.321 e. The molecule has 5 rings (SSSR count). The first-order valence-corrected chi connectivity index (χ1v) is 8.36. The standard InChI is InChI=1S/C18H22N2O/c21-16-18(10-11-18)19-15(13-4-2-1-3-5-13)20(16)12-17(8-9-17)14-6-7-14/h1-5,14-15,19H,6-12H2. The fraction of sp³-hybridized carbons (Fsp3) is 0.611. The van der Waals surface area contributed by atoms with Gasteiger partial charge in [0.2, 0.25) is 5.91 Å². The maximum atomic E-state index is 12.9. The second kappa shape index (κ2) is 3.89. The second-order valence-corrected chi connectivity index (χ2v) is 7.61. The Balaban J connectivity index is 1.46. The molecule has 1 atom stereocenters. The molecule has 1 saturated heterocycles. The number of nitrogens with one attached hydrogen (secondary N) is 1. The van der Waals surface area contributed by atoms with Crippen LogP contribution in [0.1, 0.15) is 50.3 Å². The highest BCUT2D eigenvalue weighted by Crippen LogP contribution is 2.62. The third-order valence-electron chi connectivity index (χ3n) is 6.08. The number of rotatable bonds is 4. The van der Waals surface area contributed by atoms with Gasteiger partial charge in [-0.3, -0.25) is 10.1 Å². The van der Waals surface area contributed by atoms with Crippen LogP contribution in [-0.4, -0.2) is 22.9 Å². The van der Waals surface area contributed by atoms with E-state index in [2.05, 4.69) is 34.5 Å². The summed E-state index contributed by atoms with van der Waals surface area (Å²) in [7, 11) is 0. The third-order valence-corrected chi connectivity index (χ3v) is 6.08. The van der Waals surface area contributed by atoms with E-state index in [-0.39, 0.29) is 11.7 Å². The Morgan fingerprint density at radius 2 is 1.81 bits per heavy atom. The van der Waals surface area contributed by atoms with Gasteiger partial charge in [0.1, 0.15) is 11.7 Å². The Hall–Kier alpha value is -1.35. The van der Waals surface area contributed by atoms with Gasteiger partial charge in [-0.1, -0.05) is 30.3 Å². The van der Waals surface area contributed by atoms with E-state index in [0.717, 1.165) is 25.3 Å². The van der Waals surface area contributed by atoms with Crippen molar-refractivity contribution in [3.05, 3.63) is 35.9 Å². The Kier molecular flexibility index (Phi) is 2.26. The Morgan fingerprint density at radius 3 is 2.38 bits per heavy atom. The highest BCUT2D eigenvalue weighted by Gasteiger charge is 2.62. The molecule has 0 bridgehead atoms. The van der Waals surface area contributed by atoms with Crippen molar-refractivity contribution < 1.29 is 4.79 Å². The number of nitrogens with zero attached hydrogens (tertiary/aromatic N) is 1. The Morgan fingerprint density at radius 1 is 1.10 bits per heavy atom. The van der Waals surface area contributed by atoms with Crippen LogP contribution >= 0.6 is 0 Å². The molecule has 0 radical (unpaired) electrons. The van der Waals surface area contributed by atoms with Crippen LogP contribution in [0.4, 0.5) is 0 Å². The van der Waals surface area contributed by atoms with Crippen molar-refractivity contribution in [2.75, 3.05) is 6.54 Å². The molecule has 21 heavy (non-hydrogen) atoms. The summed E-state index contributed by atoms with van der Waals surface area (Å²) in [6.45, 7) is 0.977. The first-order valence-electron chi connectivity index (χ1n) is 8.36. The van der Waals surface area contributed by atoms with Gasteiger partial charge >= 0.3 is 0 Å². The zero-order valence-corrected chi connectivity index (χ0v) is 12.3. The maximum Gasteiger partial charge on any atom is 0.244 e. The molecule has 1 spiro atoms. The van der Waals surface area contributed by atoms with Crippen molar-refractivity contribution in [1.82, 2.24) is 10.2 Å². The molecule has 1 aliphatic heterocycles. The lowest BCUT2D eigenvalue weighted by Gasteiger charge is -2.29. The molecule has 3 saturated carbocycles. The number of benzene rings is 1. The lowest BCUT2D eigenvalue weighted by Crippen LogP contribution is -2.37. The van der Waals surface area contributed by atoms with E-state index in [1.54, 1.807) is 0 Å². The molecule has 3 aliphatic carbocycles. The molecule has 1 N–H and O–H groups in total. The second-order valence-electron chi connectivity index (χ2n) is 7.61. The van der Waals surface area contributed by atoms with Gasteiger partial charge in [-0.05, 0) is 55.4 Å². The molecular formula is C18H22N2O. The van der Waals surface area contributed by atoms with E-state index in [1.165, 1.54) is 31.2 Å². The van der Waals surface area contributed by atoms with E-state index in [4.69, 9.17) is 0 Å². The van der Waals surface area contributed by atoms with Crippen LogP contribution in [0.2, 0.25) is 0 Å². The van der Waals surface area contributed by atoms with Gasteiger partial charge in [0.05, 0.1) is 0 Å². The zero-order valence-electron chi connectivity index (χ0n) is 12.3. The van der Waals surface area contributed by atoms with Crippen LogP contribution in [0.15, 0.2) is 30.3 Å². The molecule has 1 aromatic rings. The molecule has 1 amide bonds. The summed E-state index contributed by atoms with van der Waals surface area (Å²) in [6, 6.07) is 10.5. The van der Waals surface area contributed by atoms with Crippen molar-refractivity contribution in [2.24, 2.45) is 11.3 Å². The summed E-state index contributed by atoms with van der Waals surface area (Å²) in [5, 5.41) is 3.64. The van der Waals surface area contributed by atoms with E-state index in [9.17, 15) is 4.79 Å². The van der Waals surface area contributed by atoms with Crippen molar-refractivity contribution in [2.45, 2.75) is 50.2 Å². The van der Waals surface area contributed by atoms with Crippen LogP contribution in [-0.2, 0) is 4.79 Å². The lowest BCUT2D eigenvalue weighted by molar-refractivity contribution is -0.131. The third kappa shape index (κ3) is 1.80. The summed E-state index contributed by atoms with van der Waals surface area (Å²) >= 11 is 0. The number of hydrogen-bond donors (Lipinski definition) is 1. The average Bonchev–Trinajstić information content (AvgIpc) is 3.36. The molecule has 4 fully saturated rings. The smallest absolute Gasteiger partial charge is 0.244 e. The molecule has 1 unspecified atom stereocenters. The number of carbonyl (C=O) groups is 1. The van der Waals surface area contributed by atoms with Gasteiger partial charge in [-0.15, -0.1) is 0 Å². The average molecular weight is 282 g/mol. The summed E-state index contributed by atoms with van der Waals surface area (Å²) < 4.78 is 0. The van der Waals surface area contributed by atoms with Crippen molar-refractivity contribution in [3.8, 4) is 0 Å². The van der Waals surface area contributed by atoms with Crippen LogP contribution in [0, 0.1) is 11.3 Å². The van der Waals surface area contributed by atoms with Gasteiger partial charge in [-0.2, -0.15) is 0 Å². The van der Waals surface area contributed by atoms with Gasteiger partial charge < -0.3 is 4.90 Å². The maximum absolute atomic E-state index is 12.9. The van der Waals surface area contributed by atoms with E-state index in [1.807, 2.05) is 6.07 Å². The monoisotopic (exact) mass is 282 g/mol. The SMILES string of the molecule is O=C1N(CC2(C3CC3)CC2)C(c2ccccc2)NC12CC2. The molecule has 0 aromatic heterocycles. The highest BCUT2D eigenvalue weighted by atomic mass is 16.2. The molecule has 3 nitrogen and oxygen atoms in total. The first-order chi connectivity index (χ1) is 10.2. The quantitative estimate of drug-likeness (QED) is 0.921. The minimum absolute atomic E-state index is 0.0948. The van der Waals surface area contributed by atoms with Crippen LogP contribution in [0.25, 0.3) is 0 Å². The number of carbonyl (C=O) groups excluding carboxylic acids is 1. The van der Waals surface area contributed by atoms with Crippen molar-refractivity contribution in [1.29, 1.82) is 0 Å². The molecule has 1 aromatic carbocycles.